The molecule has 5 heteroatoms. The predicted molar refractivity (Wildman–Crippen MR) is 68.3 cm³/mol. The molecule has 0 atom stereocenters. The fourth-order valence-corrected chi connectivity index (χ4v) is 2.63. The molecule has 1 N–H and O–H groups in total. The molecule has 3 nitrogen and oxygen atoms in total. The maximum absolute atomic E-state index is 11.4. The standard InChI is InChI=1S/C10H16N2OS2/c1-7-9(8(2)13)10(15-12-7)11-5-4-6-14-3/h11H,4-6H2,1-3H3. The molecule has 0 amide bonds. The van der Waals surface area contributed by atoms with Crippen LogP contribution in [0.5, 0.6) is 0 Å². The Morgan fingerprint density at radius 2 is 2.33 bits per heavy atom. The van der Waals surface area contributed by atoms with Gasteiger partial charge in [-0.05, 0) is 43.8 Å². The number of Topliss-reactive ketones (excluding diaryl/α,β-unsaturated/α-hetero) is 1. The third kappa shape index (κ3) is 3.50. The number of ketones is 1. The Labute approximate surface area is 98.8 Å². The Morgan fingerprint density at radius 3 is 2.93 bits per heavy atom. The second-order valence-electron chi connectivity index (χ2n) is 3.30. The van der Waals surface area contributed by atoms with Gasteiger partial charge < -0.3 is 5.32 Å². The van der Waals surface area contributed by atoms with Gasteiger partial charge in [0.05, 0.1) is 11.3 Å². The van der Waals surface area contributed by atoms with Gasteiger partial charge in [0.1, 0.15) is 5.00 Å². The third-order valence-corrected chi connectivity index (χ3v) is 3.62. The minimum atomic E-state index is 0.0913. The molecule has 0 unspecified atom stereocenters. The van der Waals surface area contributed by atoms with Crippen molar-refractivity contribution in [1.82, 2.24) is 4.37 Å². The molecular formula is C10H16N2OS2. The highest BCUT2D eigenvalue weighted by Gasteiger charge is 2.13. The van der Waals surface area contributed by atoms with Gasteiger partial charge >= 0.3 is 0 Å². The largest absolute Gasteiger partial charge is 0.375 e. The maximum Gasteiger partial charge on any atom is 0.164 e. The molecule has 0 saturated heterocycles. The summed E-state index contributed by atoms with van der Waals surface area (Å²) in [5.74, 6) is 1.23. The molecule has 0 radical (unpaired) electrons. The zero-order chi connectivity index (χ0) is 11.3. The van der Waals surface area contributed by atoms with Crippen molar-refractivity contribution in [1.29, 1.82) is 0 Å². The van der Waals surface area contributed by atoms with Crippen LogP contribution in [-0.4, -0.2) is 28.7 Å². The monoisotopic (exact) mass is 244 g/mol. The first-order valence-corrected chi connectivity index (χ1v) is 7.03. The number of aromatic nitrogens is 1. The first kappa shape index (κ1) is 12.5. The summed E-state index contributed by atoms with van der Waals surface area (Å²) in [5.41, 5.74) is 1.59. The summed E-state index contributed by atoms with van der Waals surface area (Å²) >= 11 is 3.21. The first-order valence-electron chi connectivity index (χ1n) is 4.86. The molecule has 1 aromatic heterocycles. The van der Waals surface area contributed by atoms with Crippen molar-refractivity contribution in [3.05, 3.63) is 11.3 Å². The number of anilines is 1. The smallest absolute Gasteiger partial charge is 0.164 e. The minimum Gasteiger partial charge on any atom is -0.375 e. The number of rotatable bonds is 6. The van der Waals surface area contributed by atoms with Crippen molar-refractivity contribution in [2.75, 3.05) is 23.9 Å². The molecule has 0 aliphatic heterocycles. The van der Waals surface area contributed by atoms with Gasteiger partial charge in [-0.15, -0.1) is 0 Å². The molecule has 1 rings (SSSR count). The summed E-state index contributed by atoms with van der Waals surface area (Å²) in [7, 11) is 0. The Morgan fingerprint density at radius 1 is 1.60 bits per heavy atom. The highest BCUT2D eigenvalue weighted by molar-refractivity contribution is 7.98. The molecule has 0 fully saturated rings. The van der Waals surface area contributed by atoms with Gasteiger partial charge in [-0.25, -0.2) is 0 Å². The fraction of sp³-hybridized carbons (Fsp3) is 0.600. The Hall–Kier alpha value is -0.550. The summed E-state index contributed by atoms with van der Waals surface area (Å²) in [4.78, 5) is 11.4. The van der Waals surface area contributed by atoms with E-state index in [9.17, 15) is 4.79 Å². The molecule has 0 aliphatic carbocycles. The zero-order valence-electron chi connectivity index (χ0n) is 9.29. The summed E-state index contributed by atoms with van der Waals surface area (Å²) in [6.07, 6.45) is 3.20. The van der Waals surface area contributed by atoms with Crippen LogP contribution >= 0.6 is 23.3 Å². The maximum atomic E-state index is 11.4. The van der Waals surface area contributed by atoms with Crippen LogP contribution in [-0.2, 0) is 0 Å². The second-order valence-corrected chi connectivity index (χ2v) is 5.06. The number of aryl methyl sites for hydroxylation is 1. The Bertz CT molecular complexity index is 336. The predicted octanol–water partition coefficient (Wildman–Crippen LogP) is 2.82. The van der Waals surface area contributed by atoms with Gasteiger partial charge in [0.25, 0.3) is 0 Å². The van der Waals surface area contributed by atoms with E-state index in [1.54, 1.807) is 6.92 Å². The van der Waals surface area contributed by atoms with Crippen molar-refractivity contribution in [3.63, 3.8) is 0 Å². The second kappa shape index (κ2) is 6.12. The molecule has 0 saturated carbocycles. The minimum absolute atomic E-state index is 0.0913. The van der Waals surface area contributed by atoms with E-state index in [4.69, 9.17) is 0 Å². The number of hydrogen-bond acceptors (Lipinski definition) is 5. The quantitative estimate of drug-likeness (QED) is 0.617. The van der Waals surface area contributed by atoms with Crippen molar-refractivity contribution in [3.8, 4) is 0 Å². The number of nitrogens with one attached hydrogen (secondary N) is 1. The normalized spacial score (nSPS) is 10.3. The first-order chi connectivity index (χ1) is 7.16. The van der Waals surface area contributed by atoms with Gasteiger partial charge in [0.2, 0.25) is 0 Å². The molecule has 0 aromatic carbocycles. The van der Waals surface area contributed by atoms with Gasteiger partial charge in [-0.3, -0.25) is 4.79 Å². The van der Waals surface area contributed by atoms with E-state index in [1.807, 2.05) is 18.7 Å². The van der Waals surface area contributed by atoms with Crippen molar-refractivity contribution in [2.24, 2.45) is 0 Å². The lowest BCUT2D eigenvalue weighted by molar-refractivity contribution is 0.101. The van der Waals surface area contributed by atoms with E-state index in [2.05, 4.69) is 15.9 Å². The SMILES string of the molecule is CSCCCNc1snc(C)c1C(C)=O. The third-order valence-electron chi connectivity index (χ3n) is 2.03. The number of carbonyl (C=O) groups is 1. The van der Waals surface area contributed by atoms with E-state index in [0.717, 1.165) is 35.0 Å². The lowest BCUT2D eigenvalue weighted by Gasteiger charge is -2.04. The van der Waals surface area contributed by atoms with Crippen LogP contribution in [0.1, 0.15) is 29.4 Å². The highest BCUT2D eigenvalue weighted by Crippen LogP contribution is 2.24. The van der Waals surface area contributed by atoms with E-state index in [0.29, 0.717) is 0 Å². The summed E-state index contributed by atoms with van der Waals surface area (Å²) < 4.78 is 4.19. The average molecular weight is 244 g/mol. The molecular weight excluding hydrogens is 228 g/mol. The molecule has 15 heavy (non-hydrogen) atoms. The number of carbonyl (C=O) groups excluding carboxylic acids is 1. The molecule has 1 heterocycles. The Balaban J connectivity index is 2.57. The number of nitrogens with zero attached hydrogens (tertiary/aromatic N) is 1. The van der Waals surface area contributed by atoms with Crippen LogP contribution in [0.15, 0.2) is 0 Å². The topological polar surface area (TPSA) is 42.0 Å². The number of thioether (sulfide) groups is 1. The fourth-order valence-electron chi connectivity index (χ4n) is 1.32. The van der Waals surface area contributed by atoms with Crippen LogP contribution < -0.4 is 5.32 Å². The van der Waals surface area contributed by atoms with Gasteiger partial charge in [0, 0.05) is 6.54 Å². The van der Waals surface area contributed by atoms with E-state index >= 15 is 0 Å². The van der Waals surface area contributed by atoms with Crippen LogP contribution in [0.25, 0.3) is 0 Å². The number of hydrogen-bond donors (Lipinski definition) is 1. The summed E-state index contributed by atoms with van der Waals surface area (Å²) in [5, 5.41) is 4.19. The summed E-state index contributed by atoms with van der Waals surface area (Å²) in [6, 6.07) is 0. The van der Waals surface area contributed by atoms with Crippen molar-refractivity contribution >= 4 is 34.1 Å². The molecule has 0 aliphatic rings. The molecule has 84 valence electrons. The van der Waals surface area contributed by atoms with E-state index in [1.165, 1.54) is 11.5 Å². The zero-order valence-corrected chi connectivity index (χ0v) is 10.9. The average Bonchev–Trinajstić information content (AvgIpc) is 2.54. The van der Waals surface area contributed by atoms with Gasteiger partial charge in [-0.1, -0.05) is 0 Å². The van der Waals surface area contributed by atoms with Gasteiger partial charge in [-0.2, -0.15) is 16.1 Å². The van der Waals surface area contributed by atoms with Crippen LogP contribution in [0.3, 0.4) is 0 Å². The van der Waals surface area contributed by atoms with Crippen LogP contribution in [0, 0.1) is 6.92 Å². The molecule has 0 bridgehead atoms. The van der Waals surface area contributed by atoms with Crippen molar-refractivity contribution in [2.45, 2.75) is 20.3 Å². The van der Waals surface area contributed by atoms with Crippen molar-refractivity contribution < 1.29 is 4.79 Å². The van der Waals surface area contributed by atoms with Crippen LogP contribution in [0.2, 0.25) is 0 Å². The lowest BCUT2D eigenvalue weighted by Crippen LogP contribution is -2.05. The van der Waals surface area contributed by atoms with E-state index < -0.39 is 0 Å². The van der Waals surface area contributed by atoms with E-state index in [-0.39, 0.29) is 5.78 Å². The summed E-state index contributed by atoms with van der Waals surface area (Å²) in [6.45, 7) is 4.37. The van der Waals surface area contributed by atoms with Crippen LogP contribution in [0.4, 0.5) is 5.00 Å². The Kier molecular flexibility index (Phi) is 5.11. The van der Waals surface area contributed by atoms with Gasteiger partial charge in [0.15, 0.2) is 5.78 Å². The molecule has 1 aromatic rings. The lowest BCUT2D eigenvalue weighted by atomic mass is 10.2. The molecule has 0 spiro atoms. The highest BCUT2D eigenvalue weighted by atomic mass is 32.2.